The molecule has 3 heteroatoms. The van der Waals surface area contributed by atoms with E-state index >= 15 is 0 Å². The van der Waals surface area contributed by atoms with Gasteiger partial charge in [-0.1, -0.05) is 48.5 Å². The molecule has 0 saturated carbocycles. The van der Waals surface area contributed by atoms with Crippen LogP contribution in [0.1, 0.15) is 35.1 Å². The third-order valence-corrected chi connectivity index (χ3v) is 5.88. The van der Waals surface area contributed by atoms with Gasteiger partial charge in [0.15, 0.2) is 0 Å². The molecule has 2 aliphatic heterocycles. The average molecular weight is 334 g/mol. The standard InChI is InChI=1S/C22H26N2O/c1-17-7-2-3-10-20(17)15-24-12-6-11-22(16-24)13-18-8-4-5-9-19(18)14-23-21(22)25/h2-5,7-10H,6,11-16H2,1H3,(H,23,25). The first kappa shape index (κ1) is 16.3. The van der Waals surface area contributed by atoms with Crippen LogP contribution in [-0.2, 0) is 24.3 Å². The van der Waals surface area contributed by atoms with Crippen molar-refractivity contribution in [2.45, 2.75) is 39.3 Å². The Balaban J connectivity index is 1.58. The molecule has 1 spiro atoms. The van der Waals surface area contributed by atoms with Crippen LogP contribution in [0.25, 0.3) is 0 Å². The maximum absolute atomic E-state index is 13.0. The van der Waals surface area contributed by atoms with Crippen molar-refractivity contribution in [3.05, 3.63) is 70.8 Å². The quantitative estimate of drug-likeness (QED) is 0.912. The van der Waals surface area contributed by atoms with Gasteiger partial charge in [-0.15, -0.1) is 0 Å². The fourth-order valence-corrected chi connectivity index (χ4v) is 4.43. The van der Waals surface area contributed by atoms with Gasteiger partial charge in [0.25, 0.3) is 0 Å². The summed E-state index contributed by atoms with van der Waals surface area (Å²) in [7, 11) is 0. The number of nitrogens with one attached hydrogen (secondary N) is 1. The van der Waals surface area contributed by atoms with E-state index in [1.54, 1.807) is 0 Å². The lowest BCUT2D eigenvalue weighted by Crippen LogP contribution is -2.51. The Hall–Kier alpha value is -2.13. The second kappa shape index (κ2) is 6.64. The van der Waals surface area contributed by atoms with E-state index < -0.39 is 0 Å². The van der Waals surface area contributed by atoms with Gasteiger partial charge in [-0.05, 0) is 55.0 Å². The molecule has 0 aliphatic carbocycles. The Kier molecular flexibility index (Phi) is 4.34. The first-order valence-corrected chi connectivity index (χ1v) is 9.28. The van der Waals surface area contributed by atoms with Crippen LogP contribution in [-0.4, -0.2) is 23.9 Å². The Morgan fingerprint density at radius 1 is 1.08 bits per heavy atom. The van der Waals surface area contributed by atoms with Crippen LogP contribution in [0, 0.1) is 12.3 Å². The molecule has 1 N–H and O–H groups in total. The van der Waals surface area contributed by atoms with Crippen molar-refractivity contribution < 1.29 is 4.79 Å². The Labute approximate surface area is 150 Å². The fourth-order valence-electron chi connectivity index (χ4n) is 4.43. The van der Waals surface area contributed by atoms with Crippen molar-refractivity contribution in [3.8, 4) is 0 Å². The number of likely N-dealkylation sites (tertiary alicyclic amines) is 1. The van der Waals surface area contributed by atoms with E-state index in [-0.39, 0.29) is 11.3 Å². The minimum Gasteiger partial charge on any atom is -0.351 e. The second-order valence-electron chi connectivity index (χ2n) is 7.65. The highest BCUT2D eigenvalue weighted by Gasteiger charge is 2.43. The lowest BCUT2D eigenvalue weighted by atomic mass is 9.74. The summed E-state index contributed by atoms with van der Waals surface area (Å²) < 4.78 is 0. The molecule has 4 rings (SSSR count). The summed E-state index contributed by atoms with van der Waals surface area (Å²) >= 11 is 0. The smallest absolute Gasteiger partial charge is 0.228 e. The van der Waals surface area contributed by atoms with Crippen LogP contribution in [0.15, 0.2) is 48.5 Å². The lowest BCUT2D eigenvalue weighted by molar-refractivity contribution is -0.134. The fraction of sp³-hybridized carbons (Fsp3) is 0.409. The van der Waals surface area contributed by atoms with E-state index in [1.807, 2.05) is 0 Å². The van der Waals surface area contributed by atoms with Crippen molar-refractivity contribution in [2.75, 3.05) is 13.1 Å². The second-order valence-corrected chi connectivity index (χ2v) is 7.65. The molecule has 0 radical (unpaired) electrons. The SMILES string of the molecule is Cc1ccccc1CN1CCCC2(Cc3ccccc3CNC2=O)C1. The number of aryl methyl sites for hydroxylation is 1. The zero-order valence-corrected chi connectivity index (χ0v) is 14.9. The van der Waals surface area contributed by atoms with Gasteiger partial charge in [0.2, 0.25) is 5.91 Å². The van der Waals surface area contributed by atoms with Gasteiger partial charge in [0.05, 0.1) is 5.41 Å². The molecule has 1 amide bonds. The van der Waals surface area contributed by atoms with E-state index in [2.05, 4.69) is 65.7 Å². The highest BCUT2D eigenvalue weighted by molar-refractivity contribution is 5.84. The summed E-state index contributed by atoms with van der Waals surface area (Å²) in [5.74, 6) is 0.234. The van der Waals surface area contributed by atoms with Crippen LogP contribution < -0.4 is 5.32 Å². The molecule has 2 aromatic carbocycles. The highest BCUT2D eigenvalue weighted by atomic mass is 16.2. The number of nitrogens with zero attached hydrogens (tertiary/aromatic N) is 1. The molecule has 1 atom stereocenters. The minimum atomic E-state index is -0.284. The molecule has 0 aromatic heterocycles. The van der Waals surface area contributed by atoms with Gasteiger partial charge in [-0.2, -0.15) is 0 Å². The summed E-state index contributed by atoms with van der Waals surface area (Å²) in [5.41, 5.74) is 5.02. The van der Waals surface area contributed by atoms with E-state index in [0.29, 0.717) is 6.54 Å². The molecule has 1 unspecified atom stereocenters. The third kappa shape index (κ3) is 3.21. The van der Waals surface area contributed by atoms with Gasteiger partial charge < -0.3 is 5.32 Å². The van der Waals surface area contributed by atoms with Crippen LogP contribution in [0.5, 0.6) is 0 Å². The van der Waals surface area contributed by atoms with Gasteiger partial charge in [-0.25, -0.2) is 0 Å². The summed E-state index contributed by atoms with van der Waals surface area (Å²) in [4.78, 5) is 15.5. The maximum Gasteiger partial charge on any atom is 0.228 e. The largest absolute Gasteiger partial charge is 0.351 e. The Morgan fingerprint density at radius 3 is 2.68 bits per heavy atom. The zero-order chi connectivity index (χ0) is 17.3. The molecular formula is C22H26N2O. The van der Waals surface area contributed by atoms with Gasteiger partial charge >= 0.3 is 0 Å². The summed E-state index contributed by atoms with van der Waals surface area (Å²) in [5, 5.41) is 3.19. The highest BCUT2D eigenvalue weighted by Crippen LogP contribution is 2.37. The van der Waals surface area contributed by atoms with Crippen molar-refractivity contribution in [3.63, 3.8) is 0 Å². The number of piperidine rings is 1. The topological polar surface area (TPSA) is 32.3 Å². The minimum absolute atomic E-state index is 0.234. The number of carbonyl (C=O) groups excluding carboxylic acids is 1. The van der Waals surface area contributed by atoms with Gasteiger partial charge in [-0.3, -0.25) is 9.69 Å². The predicted octanol–water partition coefficient (Wildman–Crippen LogP) is 3.45. The van der Waals surface area contributed by atoms with Crippen molar-refractivity contribution in [1.29, 1.82) is 0 Å². The Bertz CT molecular complexity index is 785. The van der Waals surface area contributed by atoms with Crippen LogP contribution >= 0.6 is 0 Å². The molecule has 0 bridgehead atoms. The predicted molar refractivity (Wildman–Crippen MR) is 100 cm³/mol. The molecular weight excluding hydrogens is 308 g/mol. The average Bonchev–Trinajstić information content (AvgIpc) is 2.75. The first-order valence-electron chi connectivity index (χ1n) is 9.28. The number of rotatable bonds is 2. The van der Waals surface area contributed by atoms with E-state index in [9.17, 15) is 4.79 Å². The van der Waals surface area contributed by atoms with E-state index in [4.69, 9.17) is 0 Å². The first-order chi connectivity index (χ1) is 12.2. The molecule has 3 nitrogen and oxygen atoms in total. The number of benzene rings is 2. The van der Waals surface area contributed by atoms with Gasteiger partial charge in [0, 0.05) is 19.6 Å². The summed E-state index contributed by atoms with van der Waals surface area (Å²) in [6, 6.07) is 17.1. The van der Waals surface area contributed by atoms with Crippen molar-refractivity contribution in [2.24, 2.45) is 5.41 Å². The monoisotopic (exact) mass is 334 g/mol. The summed E-state index contributed by atoms with van der Waals surface area (Å²) in [6.07, 6.45) is 2.93. The maximum atomic E-state index is 13.0. The Morgan fingerprint density at radius 2 is 1.84 bits per heavy atom. The van der Waals surface area contributed by atoms with Crippen LogP contribution in [0.4, 0.5) is 0 Å². The molecule has 130 valence electrons. The van der Waals surface area contributed by atoms with Gasteiger partial charge in [0.1, 0.15) is 0 Å². The van der Waals surface area contributed by atoms with E-state index in [0.717, 1.165) is 38.9 Å². The number of hydrogen-bond donors (Lipinski definition) is 1. The molecule has 2 heterocycles. The summed E-state index contributed by atoms with van der Waals surface area (Å²) in [6.45, 7) is 5.69. The molecule has 25 heavy (non-hydrogen) atoms. The molecule has 1 saturated heterocycles. The molecule has 1 fully saturated rings. The molecule has 2 aromatic rings. The van der Waals surface area contributed by atoms with Crippen molar-refractivity contribution >= 4 is 5.91 Å². The van der Waals surface area contributed by atoms with Crippen LogP contribution in [0.3, 0.4) is 0 Å². The number of amides is 1. The number of hydrogen-bond acceptors (Lipinski definition) is 2. The molecule has 2 aliphatic rings. The lowest BCUT2D eigenvalue weighted by Gasteiger charge is -2.41. The van der Waals surface area contributed by atoms with Crippen molar-refractivity contribution in [1.82, 2.24) is 10.2 Å². The zero-order valence-electron chi connectivity index (χ0n) is 14.9. The third-order valence-electron chi connectivity index (χ3n) is 5.88. The normalized spacial score (nSPS) is 23.8. The number of fused-ring (bicyclic) bond motifs is 1. The number of carbonyl (C=O) groups is 1. The van der Waals surface area contributed by atoms with E-state index in [1.165, 1.54) is 22.3 Å². The van der Waals surface area contributed by atoms with Crippen LogP contribution in [0.2, 0.25) is 0 Å².